The Balaban J connectivity index is 2.64. The molecule has 0 aliphatic rings. The van der Waals surface area contributed by atoms with E-state index in [-0.39, 0.29) is 29.9 Å². The van der Waals surface area contributed by atoms with E-state index in [0.717, 1.165) is 18.3 Å². The summed E-state index contributed by atoms with van der Waals surface area (Å²) in [4.78, 5) is 21.8. The van der Waals surface area contributed by atoms with E-state index >= 15 is 0 Å². The van der Waals surface area contributed by atoms with Gasteiger partial charge in [-0.2, -0.15) is 13.7 Å². The molecule has 0 aromatic heterocycles. The van der Waals surface area contributed by atoms with Gasteiger partial charge in [0.25, 0.3) is 16.0 Å². The van der Waals surface area contributed by atoms with Gasteiger partial charge >= 0.3 is 5.97 Å². The summed E-state index contributed by atoms with van der Waals surface area (Å²) >= 11 is 0. The quantitative estimate of drug-likeness (QED) is 0.231. The highest BCUT2D eigenvalue weighted by Gasteiger charge is 2.10. The van der Waals surface area contributed by atoms with E-state index in [2.05, 4.69) is 10.6 Å². The number of rotatable bonds is 8. The second-order valence-electron chi connectivity index (χ2n) is 4.57. The van der Waals surface area contributed by atoms with Crippen molar-refractivity contribution in [3.8, 4) is 6.07 Å². The number of hydrogen-bond acceptors (Lipinski definition) is 6. The van der Waals surface area contributed by atoms with Gasteiger partial charge in [0.2, 0.25) is 0 Å². The number of hydrogen-bond donors (Lipinski definition) is 4. The number of benzene rings is 1. The summed E-state index contributed by atoms with van der Waals surface area (Å²) in [6, 6.07) is 6.70. The number of carbonyl (C=O) groups is 2. The van der Waals surface area contributed by atoms with E-state index < -0.39 is 22.0 Å². The molecule has 0 aliphatic heterocycles. The van der Waals surface area contributed by atoms with Crippen LogP contribution in [0.3, 0.4) is 0 Å². The van der Waals surface area contributed by atoms with Gasteiger partial charge in [0, 0.05) is 24.9 Å². The van der Waals surface area contributed by atoms with Crippen molar-refractivity contribution in [2.45, 2.75) is 17.7 Å². The highest BCUT2D eigenvalue weighted by Crippen LogP contribution is 2.14. The van der Waals surface area contributed by atoms with Crippen LogP contribution in [0.15, 0.2) is 40.9 Å². The van der Waals surface area contributed by atoms with E-state index in [1.165, 1.54) is 12.1 Å². The molecule has 0 saturated carbocycles. The maximum Gasteiger partial charge on any atom is 0.303 e. The van der Waals surface area contributed by atoms with Gasteiger partial charge in [-0.15, -0.1) is 0 Å². The number of aliphatic carboxylic acids is 1. The standard InChI is InChI=1S/C14H15N3O6S/c15-8-10(14(20)16-7-1-2-13(18)19)9-17-11-3-5-12(6-4-11)24(21,22)23/h3-6,9,17H,1-2,7H2,(H,16,20)(H,18,19)(H,21,22,23)/b10-9-. The average molecular weight is 353 g/mol. The summed E-state index contributed by atoms with van der Waals surface area (Å²) in [5.74, 6) is -1.64. The normalized spacial score (nSPS) is 11.4. The Labute approximate surface area is 138 Å². The van der Waals surface area contributed by atoms with Crippen LogP contribution in [0.25, 0.3) is 0 Å². The Bertz CT molecular complexity index is 778. The highest BCUT2D eigenvalue weighted by molar-refractivity contribution is 7.85. The predicted molar refractivity (Wildman–Crippen MR) is 83.5 cm³/mol. The van der Waals surface area contributed by atoms with Crippen molar-refractivity contribution >= 4 is 27.7 Å². The van der Waals surface area contributed by atoms with E-state index in [1.807, 2.05) is 0 Å². The number of amides is 1. The van der Waals surface area contributed by atoms with Gasteiger partial charge in [-0.05, 0) is 30.7 Å². The van der Waals surface area contributed by atoms with Crippen LogP contribution in [0, 0.1) is 11.3 Å². The largest absolute Gasteiger partial charge is 0.481 e. The van der Waals surface area contributed by atoms with E-state index in [0.29, 0.717) is 5.69 Å². The monoisotopic (exact) mass is 353 g/mol. The molecule has 0 aliphatic carbocycles. The molecule has 128 valence electrons. The fourth-order valence-electron chi connectivity index (χ4n) is 1.56. The van der Waals surface area contributed by atoms with Gasteiger partial charge in [0.15, 0.2) is 0 Å². The summed E-state index contributed by atoms with van der Waals surface area (Å²) in [5.41, 5.74) is 0.165. The maximum atomic E-state index is 11.7. The zero-order valence-electron chi connectivity index (χ0n) is 12.4. The minimum atomic E-state index is -4.29. The molecule has 0 saturated heterocycles. The second-order valence-corrected chi connectivity index (χ2v) is 5.99. The zero-order valence-corrected chi connectivity index (χ0v) is 13.2. The molecule has 0 bridgehead atoms. The molecule has 0 unspecified atom stereocenters. The highest BCUT2D eigenvalue weighted by atomic mass is 32.2. The molecular formula is C14H15N3O6S. The average Bonchev–Trinajstić information content (AvgIpc) is 2.51. The number of carboxylic acids is 1. The smallest absolute Gasteiger partial charge is 0.303 e. The third kappa shape index (κ3) is 6.47. The predicted octanol–water partition coefficient (Wildman–Crippen LogP) is 0.734. The number of nitriles is 1. The third-order valence-electron chi connectivity index (χ3n) is 2.75. The molecule has 0 spiro atoms. The molecule has 9 nitrogen and oxygen atoms in total. The Hall–Kier alpha value is -2.90. The lowest BCUT2D eigenvalue weighted by Crippen LogP contribution is -2.26. The SMILES string of the molecule is N#C/C(=C/Nc1ccc(S(=O)(=O)O)cc1)C(=O)NCCCC(=O)O. The Kier molecular flexibility index (Phi) is 6.91. The van der Waals surface area contributed by atoms with Crippen LogP contribution in [0.4, 0.5) is 5.69 Å². The molecule has 1 aromatic carbocycles. The molecule has 1 aromatic rings. The number of carbonyl (C=O) groups excluding carboxylic acids is 1. The number of nitrogens with zero attached hydrogens (tertiary/aromatic N) is 1. The Morgan fingerprint density at radius 3 is 2.38 bits per heavy atom. The van der Waals surface area contributed by atoms with Gasteiger partial charge < -0.3 is 15.7 Å². The third-order valence-corrected chi connectivity index (χ3v) is 3.62. The molecular weight excluding hydrogens is 338 g/mol. The van der Waals surface area contributed by atoms with Crippen LogP contribution in [0.5, 0.6) is 0 Å². The molecule has 0 radical (unpaired) electrons. The first-order valence-corrected chi connectivity index (χ1v) is 8.12. The van der Waals surface area contributed by atoms with Gasteiger partial charge in [0.05, 0.1) is 4.90 Å². The van der Waals surface area contributed by atoms with Crippen molar-refractivity contribution in [2.75, 3.05) is 11.9 Å². The molecule has 1 rings (SSSR count). The molecule has 1 amide bonds. The first kappa shape index (κ1) is 19.1. The molecule has 0 heterocycles. The summed E-state index contributed by atoms with van der Waals surface area (Å²) in [7, 11) is -4.29. The summed E-state index contributed by atoms with van der Waals surface area (Å²) in [6.45, 7) is 0.118. The van der Waals surface area contributed by atoms with E-state index in [1.54, 1.807) is 6.07 Å². The van der Waals surface area contributed by atoms with Crippen molar-refractivity contribution < 1.29 is 27.7 Å². The number of anilines is 1. The topological polar surface area (TPSA) is 157 Å². The lowest BCUT2D eigenvalue weighted by atomic mass is 10.2. The van der Waals surface area contributed by atoms with Crippen molar-refractivity contribution in [3.05, 3.63) is 36.0 Å². The van der Waals surface area contributed by atoms with Crippen molar-refractivity contribution in [3.63, 3.8) is 0 Å². The molecule has 24 heavy (non-hydrogen) atoms. The van der Waals surface area contributed by atoms with Crippen LogP contribution in [-0.4, -0.2) is 36.5 Å². The first-order chi connectivity index (χ1) is 11.2. The van der Waals surface area contributed by atoms with E-state index in [4.69, 9.17) is 14.9 Å². The Morgan fingerprint density at radius 2 is 1.88 bits per heavy atom. The van der Waals surface area contributed by atoms with Crippen LogP contribution in [0.1, 0.15) is 12.8 Å². The van der Waals surface area contributed by atoms with Crippen molar-refractivity contribution in [2.24, 2.45) is 0 Å². The van der Waals surface area contributed by atoms with Gasteiger partial charge in [-0.25, -0.2) is 0 Å². The summed E-state index contributed by atoms with van der Waals surface area (Å²) in [5, 5.41) is 22.5. The van der Waals surface area contributed by atoms with Gasteiger partial charge in [0.1, 0.15) is 11.6 Å². The number of carboxylic acid groups (broad SMARTS) is 1. The van der Waals surface area contributed by atoms with Crippen molar-refractivity contribution in [1.29, 1.82) is 5.26 Å². The summed E-state index contributed by atoms with van der Waals surface area (Å²) < 4.78 is 30.7. The van der Waals surface area contributed by atoms with Crippen LogP contribution >= 0.6 is 0 Å². The van der Waals surface area contributed by atoms with Crippen LogP contribution < -0.4 is 10.6 Å². The number of nitrogens with one attached hydrogen (secondary N) is 2. The zero-order chi connectivity index (χ0) is 18.2. The fourth-order valence-corrected chi connectivity index (χ4v) is 2.04. The van der Waals surface area contributed by atoms with Crippen LogP contribution in [0.2, 0.25) is 0 Å². The van der Waals surface area contributed by atoms with Gasteiger partial charge in [-0.3, -0.25) is 14.1 Å². The molecule has 0 atom stereocenters. The minimum absolute atomic E-state index is 0.0930. The van der Waals surface area contributed by atoms with Gasteiger partial charge in [-0.1, -0.05) is 0 Å². The lowest BCUT2D eigenvalue weighted by Gasteiger charge is -2.05. The minimum Gasteiger partial charge on any atom is -0.481 e. The van der Waals surface area contributed by atoms with Crippen LogP contribution in [-0.2, 0) is 19.7 Å². The fraction of sp³-hybridized carbons (Fsp3) is 0.214. The second kappa shape index (κ2) is 8.66. The Morgan fingerprint density at radius 1 is 1.25 bits per heavy atom. The molecule has 0 fully saturated rings. The lowest BCUT2D eigenvalue weighted by molar-refractivity contribution is -0.137. The van der Waals surface area contributed by atoms with E-state index in [9.17, 15) is 18.0 Å². The summed E-state index contributed by atoms with van der Waals surface area (Å²) in [6.07, 6.45) is 1.28. The van der Waals surface area contributed by atoms with Crippen molar-refractivity contribution in [1.82, 2.24) is 5.32 Å². The molecule has 4 N–H and O–H groups in total. The maximum absolute atomic E-state index is 11.7. The first-order valence-electron chi connectivity index (χ1n) is 6.68. The molecule has 10 heteroatoms.